The minimum absolute atomic E-state index is 0.356. The van der Waals surface area contributed by atoms with Gasteiger partial charge in [0.05, 0.1) is 22.9 Å². The molecule has 0 heterocycles. The number of benzene rings is 1. The number of nitrogens with one attached hydrogen (secondary N) is 1. The molecule has 0 aliphatic carbocycles. The molecule has 14 heavy (non-hydrogen) atoms. The lowest BCUT2D eigenvalue weighted by Crippen LogP contribution is -2.08. The van der Waals surface area contributed by atoms with Crippen molar-refractivity contribution >= 4 is 23.3 Å². The topological polar surface area (TPSA) is 38.3 Å². The van der Waals surface area contributed by atoms with Crippen LogP contribution < -0.4 is 5.32 Å². The second kappa shape index (κ2) is 4.86. The number of rotatable bonds is 3. The molecule has 0 aromatic heterocycles. The highest BCUT2D eigenvalue weighted by atomic mass is 35.5. The highest BCUT2D eigenvalue weighted by Crippen LogP contribution is 2.25. The van der Waals surface area contributed by atoms with Crippen molar-refractivity contribution in [2.24, 2.45) is 0 Å². The number of para-hydroxylation sites is 1. The van der Waals surface area contributed by atoms with Crippen LogP contribution in [0, 0.1) is 0 Å². The molecular weight excluding hydrogens is 202 g/mol. The fourth-order valence-corrected chi connectivity index (χ4v) is 1.43. The Kier molecular flexibility index (Phi) is 3.77. The zero-order valence-electron chi connectivity index (χ0n) is 8.13. The van der Waals surface area contributed by atoms with E-state index in [4.69, 9.17) is 16.3 Å². The van der Waals surface area contributed by atoms with Gasteiger partial charge >= 0.3 is 5.97 Å². The van der Waals surface area contributed by atoms with Gasteiger partial charge in [0.25, 0.3) is 0 Å². The summed E-state index contributed by atoms with van der Waals surface area (Å²) in [6.45, 7) is 2.12. The highest BCUT2D eigenvalue weighted by Gasteiger charge is 2.13. The van der Waals surface area contributed by atoms with Crippen LogP contribution in [0.15, 0.2) is 18.2 Å². The summed E-state index contributed by atoms with van der Waals surface area (Å²) >= 11 is 5.90. The number of ether oxygens (including phenoxy) is 1. The predicted octanol–water partition coefficient (Wildman–Crippen LogP) is 2.56. The lowest BCUT2D eigenvalue weighted by Gasteiger charge is -2.09. The summed E-state index contributed by atoms with van der Waals surface area (Å²) in [5, 5.41) is 3.38. The SMILES string of the molecule is CCOC(=O)c1cccc(Cl)c1NC. The first-order valence-electron chi connectivity index (χ1n) is 4.34. The molecule has 0 atom stereocenters. The van der Waals surface area contributed by atoms with Crippen molar-refractivity contribution in [3.05, 3.63) is 28.8 Å². The Morgan fingerprint density at radius 3 is 2.86 bits per heavy atom. The molecule has 0 spiro atoms. The van der Waals surface area contributed by atoms with Crippen LogP contribution in [0.3, 0.4) is 0 Å². The Morgan fingerprint density at radius 2 is 2.29 bits per heavy atom. The van der Waals surface area contributed by atoms with Crippen LogP contribution in [0.25, 0.3) is 0 Å². The lowest BCUT2D eigenvalue weighted by molar-refractivity contribution is 0.0527. The van der Waals surface area contributed by atoms with Crippen LogP contribution in [0.2, 0.25) is 5.02 Å². The van der Waals surface area contributed by atoms with Crippen molar-refractivity contribution in [3.63, 3.8) is 0 Å². The molecule has 3 nitrogen and oxygen atoms in total. The molecule has 0 radical (unpaired) electrons. The minimum Gasteiger partial charge on any atom is -0.462 e. The molecule has 4 heteroatoms. The van der Waals surface area contributed by atoms with Gasteiger partial charge in [0.2, 0.25) is 0 Å². The summed E-state index contributed by atoms with van der Waals surface area (Å²) in [6.07, 6.45) is 0. The van der Waals surface area contributed by atoms with Crippen molar-refractivity contribution in [1.29, 1.82) is 0 Å². The molecule has 1 aromatic carbocycles. The van der Waals surface area contributed by atoms with Crippen molar-refractivity contribution < 1.29 is 9.53 Å². The Morgan fingerprint density at radius 1 is 1.57 bits per heavy atom. The van der Waals surface area contributed by atoms with Crippen LogP contribution in [0.5, 0.6) is 0 Å². The third-order valence-electron chi connectivity index (χ3n) is 1.76. The first kappa shape index (κ1) is 10.9. The van der Waals surface area contributed by atoms with E-state index >= 15 is 0 Å². The van der Waals surface area contributed by atoms with E-state index < -0.39 is 0 Å². The normalized spacial score (nSPS) is 9.64. The maximum atomic E-state index is 11.5. The number of hydrogen-bond acceptors (Lipinski definition) is 3. The van der Waals surface area contributed by atoms with Crippen LogP contribution >= 0.6 is 11.6 Å². The van der Waals surface area contributed by atoms with Crippen molar-refractivity contribution in [1.82, 2.24) is 0 Å². The van der Waals surface area contributed by atoms with Gasteiger partial charge in [-0.3, -0.25) is 0 Å². The first-order chi connectivity index (χ1) is 6.70. The minimum atomic E-state index is -0.362. The summed E-state index contributed by atoms with van der Waals surface area (Å²) < 4.78 is 4.89. The van der Waals surface area contributed by atoms with Crippen LogP contribution in [0.4, 0.5) is 5.69 Å². The summed E-state index contributed by atoms with van der Waals surface area (Å²) in [4.78, 5) is 11.5. The van der Waals surface area contributed by atoms with Gasteiger partial charge in [-0.1, -0.05) is 17.7 Å². The van der Waals surface area contributed by atoms with E-state index in [9.17, 15) is 4.79 Å². The van der Waals surface area contributed by atoms with Crippen molar-refractivity contribution in [3.8, 4) is 0 Å². The van der Waals surface area contributed by atoms with E-state index in [1.807, 2.05) is 0 Å². The van der Waals surface area contributed by atoms with Gasteiger partial charge in [0, 0.05) is 7.05 Å². The maximum Gasteiger partial charge on any atom is 0.340 e. The van der Waals surface area contributed by atoms with Crippen LogP contribution in [-0.2, 0) is 4.74 Å². The number of halogens is 1. The average Bonchev–Trinajstić information content (AvgIpc) is 2.17. The average molecular weight is 214 g/mol. The smallest absolute Gasteiger partial charge is 0.340 e. The molecule has 0 bridgehead atoms. The summed E-state index contributed by atoms with van der Waals surface area (Å²) in [5.74, 6) is -0.362. The molecule has 76 valence electrons. The van der Waals surface area contributed by atoms with Gasteiger partial charge in [-0.05, 0) is 19.1 Å². The molecule has 0 fully saturated rings. The Bertz CT molecular complexity index is 339. The van der Waals surface area contributed by atoms with Gasteiger partial charge < -0.3 is 10.1 Å². The molecule has 0 aliphatic rings. The highest BCUT2D eigenvalue weighted by molar-refractivity contribution is 6.34. The van der Waals surface area contributed by atoms with Gasteiger partial charge in [0.15, 0.2) is 0 Å². The van der Waals surface area contributed by atoms with E-state index in [2.05, 4.69) is 5.32 Å². The number of esters is 1. The fraction of sp³-hybridized carbons (Fsp3) is 0.300. The molecule has 0 saturated heterocycles. The second-order valence-electron chi connectivity index (χ2n) is 2.63. The monoisotopic (exact) mass is 213 g/mol. The quantitative estimate of drug-likeness (QED) is 0.785. The third-order valence-corrected chi connectivity index (χ3v) is 2.07. The van der Waals surface area contributed by atoms with Crippen LogP contribution in [-0.4, -0.2) is 19.6 Å². The molecule has 0 saturated carbocycles. The summed E-state index contributed by atoms with van der Waals surface area (Å²) in [7, 11) is 1.71. The van der Waals surface area contributed by atoms with Gasteiger partial charge in [-0.2, -0.15) is 0 Å². The van der Waals surface area contributed by atoms with Crippen molar-refractivity contribution in [2.45, 2.75) is 6.92 Å². The molecule has 0 amide bonds. The molecule has 0 aliphatic heterocycles. The van der Waals surface area contributed by atoms with E-state index in [1.165, 1.54) is 0 Å². The standard InChI is InChI=1S/C10H12ClNO2/c1-3-14-10(13)7-5-4-6-8(11)9(7)12-2/h4-6,12H,3H2,1-2H3. The fourth-order valence-electron chi connectivity index (χ4n) is 1.16. The Hall–Kier alpha value is -1.22. The van der Waals surface area contributed by atoms with E-state index in [1.54, 1.807) is 32.2 Å². The molecule has 1 N–H and O–H groups in total. The Balaban J connectivity index is 3.07. The summed E-state index contributed by atoms with van der Waals surface area (Å²) in [6, 6.07) is 5.11. The van der Waals surface area contributed by atoms with Gasteiger partial charge in [-0.25, -0.2) is 4.79 Å². The first-order valence-corrected chi connectivity index (χ1v) is 4.71. The molecule has 1 aromatic rings. The molecule has 1 rings (SSSR count). The molecular formula is C10H12ClNO2. The Labute approximate surface area is 88.0 Å². The molecule has 0 unspecified atom stereocenters. The lowest BCUT2D eigenvalue weighted by atomic mass is 10.2. The number of carbonyl (C=O) groups excluding carboxylic acids is 1. The van der Waals surface area contributed by atoms with Crippen molar-refractivity contribution in [2.75, 3.05) is 19.0 Å². The largest absolute Gasteiger partial charge is 0.462 e. The van der Waals surface area contributed by atoms with E-state index in [0.717, 1.165) is 0 Å². The van der Waals surface area contributed by atoms with Gasteiger partial charge in [0.1, 0.15) is 0 Å². The third kappa shape index (κ3) is 2.17. The van der Waals surface area contributed by atoms with Gasteiger partial charge in [-0.15, -0.1) is 0 Å². The zero-order valence-corrected chi connectivity index (χ0v) is 8.89. The number of carbonyl (C=O) groups is 1. The van der Waals surface area contributed by atoms with Crippen LogP contribution in [0.1, 0.15) is 17.3 Å². The number of anilines is 1. The summed E-state index contributed by atoms with van der Waals surface area (Å²) in [5.41, 5.74) is 1.06. The maximum absolute atomic E-state index is 11.5. The second-order valence-corrected chi connectivity index (χ2v) is 3.04. The van der Waals surface area contributed by atoms with E-state index in [-0.39, 0.29) is 5.97 Å². The van der Waals surface area contributed by atoms with E-state index in [0.29, 0.717) is 22.9 Å². The predicted molar refractivity (Wildman–Crippen MR) is 57.0 cm³/mol. The zero-order chi connectivity index (χ0) is 10.6. The number of hydrogen-bond donors (Lipinski definition) is 1.